The standard InChI is InChI=1S/C19H18FNO2S/c1-12-15(9-13-5-3-4-6-18(13)24-2)16-10-14(20)7-8-17(16)21(12)11-19(22)23/h3-8,10H,9,11H2,1-2H3,(H,22,23). The number of aliphatic carboxylic acids is 1. The van der Waals surface area contributed by atoms with Gasteiger partial charge in [-0.1, -0.05) is 18.2 Å². The molecule has 24 heavy (non-hydrogen) atoms. The highest BCUT2D eigenvalue weighted by molar-refractivity contribution is 7.98. The second-order valence-electron chi connectivity index (χ2n) is 5.69. The zero-order valence-electron chi connectivity index (χ0n) is 13.5. The lowest BCUT2D eigenvalue weighted by atomic mass is 10.0. The van der Waals surface area contributed by atoms with Crippen LogP contribution in [0.25, 0.3) is 10.9 Å². The molecule has 1 heterocycles. The van der Waals surface area contributed by atoms with Crippen LogP contribution in [0.5, 0.6) is 0 Å². The summed E-state index contributed by atoms with van der Waals surface area (Å²) < 4.78 is 15.5. The fraction of sp³-hybridized carbons (Fsp3) is 0.211. The molecule has 0 fully saturated rings. The minimum atomic E-state index is -0.907. The van der Waals surface area contributed by atoms with Crippen LogP contribution in [0.2, 0.25) is 0 Å². The van der Waals surface area contributed by atoms with Gasteiger partial charge in [0.05, 0.1) is 0 Å². The molecular formula is C19H18FNO2S. The monoisotopic (exact) mass is 343 g/mol. The Morgan fingerprint density at radius 2 is 2.00 bits per heavy atom. The number of carboxylic acids is 1. The first-order valence-electron chi connectivity index (χ1n) is 7.62. The molecule has 0 spiro atoms. The first kappa shape index (κ1) is 16.6. The normalized spacial score (nSPS) is 11.1. The smallest absolute Gasteiger partial charge is 0.323 e. The summed E-state index contributed by atoms with van der Waals surface area (Å²) in [5.41, 5.74) is 3.76. The fourth-order valence-electron chi connectivity index (χ4n) is 3.13. The number of thioether (sulfide) groups is 1. The van der Waals surface area contributed by atoms with E-state index in [1.54, 1.807) is 22.4 Å². The van der Waals surface area contributed by atoms with Gasteiger partial charge in [-0.05, 0) is 48.6 Å². The Morgan fingerprint density at radius 3 is 2.71 bits per heavy atom. The first-order valence-corrected chi connectivity index (χ1v) is 8.84. The van der Waals surface area contributed by atoms with Crippen molar-refractivity contribution >= 4 is 28.6 Å². The zero-order valence-corrected chi connectivity index (χ0v) is 14.4. The molecule has 0 aliphatic carbocycles. The van der Waals surface area contributed by atoms with E-state index in [1.807, 2.05) is 25.3 Å². The van der Waals surface area contributed by atoms with Crippen molar-refractivity contribution in [3.63, 3.8) is 0 Å². The van der Waals surface area contributed by atoms with Gasteiger partial charge in [0.2, 0.25) is 0 Å². The topological polar surface area (TPSA) is 42.2 Å². The zero-order chi connectivity index (χ0) is 17.3. The number of hydrogen-bond donors (Lipinski definition) is 1. The van der Waals surface area contributed by atoms with E-state index in [0.717, 1.165) is 27.7 Å². The summed E-state index contributed by atoms with van der Waals surface area (Å²) in [5.74, 6) is -1.22. The average Bonchev–Trinajstić information content (AvgIpc) is 2.80. The van der Waals surface area contributed by atoms with E-state index in [0.29, 0.717) is 6.42 Å². The van der Waals surface area contributed by atoms with Crippen LogP contribution in [-0.2, 0) is 17.8 Å². The summed E-state index contributed by atoms with van der Waals surface area (Å²) in [5, 5.41) is 9.97. The molecule has 0 radical (unpaired) electrons. The van der Waals surface area contributed by atoms with Crippen molar-refractivity contribution in [2.24, 2.45) is 0 Å². The molecule has 3 nitrogen and oxygen atoms in total. The van der Waals surface area contributed by atoms with E-state index in [2.05, 4.69) is 12.1 Å². The van der Waals surface area contributed by atoms with E-state index in [4.69, 9.17) is 0 Å². The number of benzene rings is 2. The SMILES string of the molecule is CSc1ccccc1Cc1c(C)n(CC(=O)O)c2ccc(F)cc12. The minimum Gasteiger partial charge on any atom is -0.480 e. The van der Waals surface area contributed by atoms with Crippen LogP contribution >= 0.6 is 11.8 Å². The van der Waals surface area contributed by atoms with Crippen LogP contribution in [0.1, 0.15) is 16.8 Å². The van der Waals surface area contributed by atoms with E-state index in [1.165, 1.54) is 17.0 Å². The van der Waals surface area contributed by atoms with E-state index >= 15 is 0 Å². The van der Waals surface area contributed by atoms with Gasteiger partial charge in [0, 0.05) is 27.9 Å². The first-order chi connectivity index (χ1) is 11.5. The average molecular weight is 343 g/mol. The Balaban J connectivity index is 2.18. The molecule has 3 rings (SSSR count). The molecule has 124 valence electrons. The Hall–Kier alpha value is -2.27. The molecule has 0 amide bonds. The molecule has 0 saturated heterocycles. The van der Waals surface area contributed by atoms with E-state index in [9.17, 15) is 14.3 Å². The van der Waals surface area contributed by atoms with Gasteiger partial charge in [-0.2, -0.15) is 0 Å². The van der Waals surface area contributed by atoms with E-state index in [-0.39, 0.29) is 12.4 Å². The predicted octanol–water partition coefficient (Wildman–Crippen LogP) is 4.49. The van der Waals surface area contributed by atoms with Crippen LogP contribution < -0.4 is 0 Å². The molecule has 1 aromatic heterocycles. The molecule has 1 N–H and O–H groups in total. The highest BCUT2D eigenvalue weighted by Gasteiger charge is 2.17. The molecule has 0 atom stereocenters. The number of aromatic nitrogens is 1. The lowest BCUT2D eigenvalue weighted by molar-refractivity contribution is -0.137. The molecule has 5 heteroatoms. The highest BCUT2D eigenvalue weighted by atomic mass is 32.2. The summed E-state index contributed by atoms with van der Waals surface area (Å²) in [6, 6.07) is 12.6. The number of rotatable bonds is 5. The van der Waals surface area contributed by atoms with Gasteiger partial charge in [0.15, 0.2) is 0 Å². The molecule has 3 aromatic rings. The number of carboxylic acid groups (broad SMARTS) is 1. The quantitative estimate of drug-likeness (QED) is 0.694. The second-order valence-corrected chi connectivity index (χ2v) is 6.54. The number of carbonyl (C=O) groups is 1. The van der Waals surface area contributed by atoms with Gasteiger partial charge in [-0.15, -0.1) is 11.8 Å². The molecular weight excluding hydrogens is 325 g/mol. The van der Waals surface area contributed by atoms with Crippen molar-refractivity contribution in [1.29, 1.82) is 0 Å². The lowest BCUT2D eigenvalue weighted by Crippen LogP contribution is -2.10. The van der Waals surface area contributed by atoms with Crippen molar-refractivity contribution in [2.45, 2.75) is 24.8 Å². The van der Waals surface area contributed by atoms with Crippen molar-refractivity contribution < 1.29 is 14.3 Å². The Labute approximate surface area is 144 Å². The summed E-state index contributed by atoms with van der Waals surface area (Å²) in [6.07, 6.45) is 2.68. The summed E-state index contributed by atoms with van der Waals surface area (Å²) in [7, 11) is 0. The molecule has 0 aliphatic rings. The Bertz CT molecular complexity index is 917. The summed E-state index contributed by atoms with van der Waals surface area (Å²) >= 11 is 1.67. The third-order valence-corrected chi connectivity index (χ3v) is 5.11. The van der Waals surface area contributed by atoms with Gasteiger partial charge in [-0.25, -0.2) is 4.39 Å². The molecule has 0 saturated carbocycles. The van der Waals surface area contributed by atoms with Gasteiger partial charge >= 0.3 is 5.97 Å². The Kier molecular flexibility index (Phi) is 4.62. The maximum absolute atomic E-state index is 13.8. The third-order valence-electron chi connectivity index (χ3n) is 4.27. The fourth-order valence-corrected chi connectivity index (χ4v) is 3.74. The highest BCUT2D eigenvalue weighted by Crippen LogP contribution is 2.31. The number of hydrogen-bond acceptors (Lipinski definition) is 2. The summed E-state index contributed by atoms with van der Waals surface area (Å²) in [4.78, 5) is 12.4. The van der Waals surface area contributed by atoms with E-state index < -0.39 is 5.97 Å². The van der Waals surface area contributed by atoms with Gasteiger partial charge < -0.3 is 9.67 Å². The van der Waals surface area contributed by atoms with Gasteiger partial charge in [0.1, 0.15) is 12.4 Å². The molecule has 2 aromatic carbocycles. The van der Waals surface area contributed by atoms with Gasteiger partial charge in [0.25, 0.3) is 0 Å². The van der Waals surface area contributed by atoms with Crippen molar-refractivity contribution in [1.82, 2.24) is 4.57 Å². The molecule has 0 unspecified atom stereocenters. The lowest BCUT2D eigenvalue weighted by Gasteiger charge is -2.08. The maximum atomic E-state index is 13.8. The molecule has 0 aliphatic heterocycles. The minimum absolute atomic E-state index is 0.127. The van der Waals surface area contributed by atoms with Crippen LogP contribution in [0.3, 0.4) is 0 Å². The Morgan fingerprint density at radius 1 is 1.25 bits per heavy atom. The maximum Gasteiger partial charge on any atom is 0.323 e. The third kappa shape index (κ3) is 3.04. The van der Waals surface area contributed by atoms with Crippen molar-refractivity contribution in [2.75, 3.05) is 6.26 Å². The van der Waals surface area contributed by atoms with Crippen LogP contribution in [0.15, 0.2) is 47.4 Å². The van der Waals surface area contributed by atoms with Crippen LogP contribution in [0.4, 0.5) is 4.39 Å². The summed E-state index contributed by atoms with van der Waals surface area (Å²) in [6.45, 7) is 1.77. The second kappa shape index (κ2) is 6.69. The van der Waals surface area contributed by atoms with Crippen LogP contribution in [-0.4, -0.2) is 21.9 Å². The van der Waals surface area contributed by atoms with Crippen molar-refractivity contribution in [3.05, 3.63) is 65.1 Å². The predicted molar refractivity (Wildman–Crippen MR) is 95.3 cm³/mol. The number of fused-ring (bicyclic) bond motifs is 1. The molecule has 0 bridgehead atoms. The largest absolute Gasteiger partial charge is 0.480 e. The number of nitrogens with zero attached hydrogens (tertiary/aromatic N) is 1. The number of halogens is 1. The van der Waals surface area contributed by atoms with Crippen molar-refractivity contribution in [3.8, 4) is 0 Å². The van der Waals surface area contributed by atoms with Gasteiger partial charge in [-0.3, -0.25) is 4.79 Å². The van der Waals surface area contributed by atoms with Crippen LogP contribution in [0, 0.1) is 12.7 Å².